The second kappa shape index (κ2) is 5.09. The molecule has 1 N–H and O–H groups in total. The van der Waals surface area contributed by atoms with Crippen molar-refractivity contribution in [2.45, 2.75) is 38.2 Å². The minimum absolute atomic E-state index is 0.219. The lowest BCUT2D eigenvalue weighted by atomic mass is 9.72. The van der Waals surface area contributed by atoms with Crippen LogP contribution >= 0.6 is 0 Å². The Hall–Kier alpha value is -1.55. The number of ether oxygens (including phenoxy) is 1. The van der Waals surface area contributed by atoms with Gasteiger partial charge in [-0.25, -0.2) is 0 Å². The second-order valence-corrected chi connectivity index (χ2v) is 5.92. The summed E-state index contributed by atoms with van der Waals surface area (Å²) in [5.41, 5.74) is 0.720. The van der Waals surface area contributed by atoms with E-state index >= 15 is 0 Å². The Morgan fingerprint density at radius 1 is 1.20 bits per heavy atom. The zero-order valence-electron chi connectivity index (χ0n) is 11.8. The Balaban J connectivity index is 1.78. The number of anilines is 1. The van der Waals surface area contributed by atoms with E-state index in [-0.39, 0.29) is 17.4 Å². The zero-order valence-corrected chi connectivity index (χ0v) is 11.8. The molecule has 1 aromatic carbocycles. The number of hydrogen-bond acceptors (Lipinski definition) is 3. The monoisotopic (exact) mass is 275 g/mol. The molecule has 1 heterocycles. The molecule has 0 aromatic heterocycles. The van der Waals surface area contributed by atoms with Crippen LogP contribution in [0, 0.1) is 5.41 Å². The highest BCUT2D eigenvalue weighted by Crippen LogP contribution is 2.46. The van der Waals surface area contributed by atoms with Gasteiger partial charge in [0.1, 0.15) is 5.75 Å². The van der Waals surface area contributed by atoms with Gasteiger partial charge in [0.2, 0.25) is 5.91 Å². The summed E-state index contributed by atoms with van der Waals surface area (Å²) in [5.74, 6) is 1.03. The first-order valence-corrected chi connectivity index (χ1v) is 7.29. The fourth-order valence-electron chi connectivity index (χ4n) is 3.45. The molecule has 1 saturated heterocycles. The van der Waals surface area contributed by atoms with Gasteiger partial charge in [0.15, 0.2) is 0 Å². The predicted molar refractivity (Wildman–Crippen MR) is 76.9 cm³/mol. The average Bonchev–Trinajstić information content (AvgIpc) is 2.80. The summed E-state index contributed by atoms with van der Waals surface area (Å²) in [5, 5.41) is 9.64. The Kier molecular flexibility index (Phi) is 3.42. The van der Waals surface area contributed by atoms with Crippen LogP contribution in [0.15, 0.2) is 24.3 Å². The Bertz CT molecular complexity index is 489. The van der Waals surface area contributed by atoms with Crippen molar-refractivity contribution in [2.24, 2.45) is 5.41 Å². The number of aliphatic hydroxyl groups excluding tert-OH is 1. The third-order valence-corrected chi connectivity index (χ3v) is 4.81. The van der Waals surface area contributed by atoms with E-state index < -0.39 is 0 Å². The number of carbonyl (C=O) groups is 1. The molecule has 4 nitrogen and oxygen atoms in total. The summed E-state index contributed by atoms with van der Waals surface area (Å²) in [7, 11) is 1.64. The van der Waals surface area contributed by atoms with Crippen LogP contribution in [-0.2, 0) is 4.79 Å². The molecule has 108 valence electrons. The van der Waals surface area contributed by atoms with Crippen LogP contribution in [0.25, 0.3) is 0 Å². The lowest BCUT2D eigenvalue weighted by molar-refractivity contribution is -0.128. The first kappa shape index (κ1) is 13.4. The van der Waals surface area contributed by atoms with Crippen molar-refractivity contribution in [3.05, 3.63) is 24.3 Å². The summed E-state index contributed by atoms with van der Waals surface area (Å²) < 4.78 is 5.15. The summed E-state index contributed by atoms with van der Waals surface area (Å²) in [6.07, 6.45) is 3.83. The van der Waals surface area contributed by atoms with E-state index in [0.29, 0.717) is 0 Å². The molecule has 1 aromatic rings. The van der Waals surface area contributed by atoms with Gasteiger partial charge in [-0.2, -0.15) is 0 Å². The number of hydrogen-bond donors (Lipinski definition) is 1. The van der Waals surface area contributed by atoms with Gasteiger partial charge in [0, 0.05) is 12.2 Å². The van der Waals surface area contributed by atoms with Gasteiger partial charge < -0.3 is 14.7 Å². The molecule has 1 aliphatic carbocycles. The van der Waals surface area contributed by atoms with Crippen molar-refractivity contribution >= 4 is 11.6 Å². The van der Waals surface area contributed by atoms with E-state index in [1.54, 1.807) is 7.11 Å². The third kappa shape index (κ3) is 2.18. The van der Waals surface area contributed by atoms with E-state index in [1.807, 2.05) is 29.2 Å². The number of amides is 1. The molecule has 1 saturated carbocycles. The van der Waals surface area contributed by atoms with Crippen molar-refractivity contribution < 1.29 is 14.6 Å². The van der Waals surface area contributed by atoms with Gasteiger partial charge >= 0.3 is 0 Å². The molecule has 2 aliphatic rings. The second-order valence-electron chi connectivity index (χ2n) is 5.92. The molecular weight excluding hydrogens is 254 g/mol. The first-order valence-electron chi connectivity index (χ1n) is 7.29. The molecule has 2 fully saturated rings. The van der Waals surface area contributed by atoms with Crippen molar-refractivity contribution in [1.29, 1.82) is 0 Å². The smallest absolute Gasteiger partial charge is 0.233 e. The van der Waals surface area contributed by atoms with Gasteiger partial charge in [-0.1, -0.05) is 0 Å². The molecule has 0 bridgehead atoms. The summed E-state index contributed by atoms with van der Waals surface area (Å²) in [6, 6.07) is 7.65. The van der Waals surface area contributed by atoms with Crippen molar-refractivity contribution in [3.8, 4) is 5.75 Å². The van der Waals surface area contributed by atoms with E-state index in [9.17, 15) is 9.90 Å². The zero-order chi connectivity index (χ0) is 14.2. The lowest BCUT2D eigenvalue weighted by Crippen LogP contribution is -2.38. The summed E-state index contributed by atoms with van der Waals surface area (Å²) >= 11 is 0. The van der Waals surface area contributed by atoms with E-state index in [1.165, 1.54) is 0 Å². The van der Waals surface area contributed by atoms with Gasteiger partial charge in [-0.3, -0.25) is 4.79 Å². The molecule has 0 atom stereocenters. The van der Waals surface area contributed by atoms with Crippen LogP contribution in [0.2, 0.25) is 0 Å². The summed E-state index contributed by atoms with van der Waals surface area (Å²) in [6.45, 7) is 0.779. The maximum atomic E-state index is 12.8. The molecule has 1 aliphatic heterocycles. The van der Waals surface area contributed by atoms with Crippen LogP contribution in [0.4, 0.5) is 5.69 Å². The molecule has 4 heteroatoms. The molecule has 0 radical (unpaired) electrons. The highest BCUT2D eigenvalue weighted by atomic mass is 16.5. The first-order chi connectivity index (χ1) is 9.64. The maximum Gasteiger partial charge on any atom is 0.233 e. The largest absolute Gasteiger partial charge is 0.497 e. The van der Waals surface area contributed by atoms with Crippen LogP contribution < -0.4 is 9.64 Å². The molecule has 20 heavy (non-hydrogen) atoms. The van der Waals surface area contributed by atoms with Crippen molar-refractivity contribution in [3.63, 3.8) is 0 Å². The number of nitrogens with zero attached hydrogens (tertiary/aromatic N) is 1. The van der Waals surface area contributed by atoms with Crippen LogP contribution in [0.3, 0.4) is 0 Å². The van der Waals surface area contributed by atoms with Gasteiger partial charge in [0.25, 0.3) is 0 Å². The van der Waals surface area contributed by atoms with Crippen LogP contribution in [-0.4, -0.2) is 30.8 Å². The topological polar surface area (TPSA) is 49.8 Å². The highest BCUT2D eigenvalue weighted by molar-refractivity contribution is 6.00. The Morgan fingerprint density at radius 3 is 2.45 bits per heavy atom. The number of rotatable bonds is 2. The molecular formula is C16H21NO3. The maximum absolute atomic E-state index is 12.8. The molecule has 1 spiro atoms. The molecule has 0 unspecified atom stereocenters. The van der Waals surface area contributed by atoms with Crippen molar-refractivity contribution in [2.75, 3.05) is 18.6 Å². The van der Waals surface area contributed by atoms with Gasteiger partial charge in [-0.05, 0) is 56.4 Å². The predicted octanol–water partition coefficient (Wildman–Crippen LogP) is 2.35. The highest BCUT2D eigenvalue weighted by Gasteiger charge is 2.48. The van der Waals surface area contributed by atoms with Gasteiger partial charge in [-0.15, -0.1) is 0 Å². The van der Waals surface area contributed by atoms with Crippen molar-refractivity contribution in [1.82, 2.24) is 0 Å². The van der Waals surface area contributed by atoms with E-state index in [4.69, 9.17) is 4.74 Å². The molecule has 3 rings (SSSR count). The number of aliphatic hydroxyl groups is 1. The minimum Gasteiger partial charge on any atom is -0.497 e. The summed E-state index contributed by atoms with van der Waals surface area (Å²) in [4.78, 5) is 14.6. The van der Waals surface area contributed by atoms with Crippen LogP contribution in [0.1, 0.15) is 32.1 Å². The number of methoxy groups -OCH3 is 1. The Morgan fingerprint density at radius 2 is 1.85 bits per heavy atom. The number of carbonyl (C=O) groups excluding carboxylic acids is 1. The van der Waals surface area contributed by atoms with E-state index in [0.717, 1.165) is 50.1 Å². The Labute approximate surface area is 119 Å². The van der Waals surface area contributed by atoms with Crippen LogP contribution in [0.5, 0.6) is 5.75 Å². The van der Waals surface area contributed by atoms with E-state index in [2.05, 4.69) is 0 Å². The lowest BCUT2D eigenvalue weighted by Gasteiger charge is -2.33. The SMILES string of the molecule is COc1ccc(N2CC[C@]3(CC[C@H](O)CC3)C2=O)cc1. The normalized spacial score (nSPS) is 30.0. The van der Waals surface area contributed by atoms with Gasteiger partial charge in [0.05, 0.1) is 18.6 Å². The third-order valence-electron chi connectivity index (χ3n) is 4.81. The number of benzene rings is 1. The standard InChI is InChI=1S/C16H21NO3/c1-20-14-4-2-12(3-5-14)17-11-10-16(15(17)19)8-6-13(18)7-9-16/h2-5,13,18H,6-11H2,1H3/t13-,16+. The fraction of sp³-hybridized carbons (Fsp3) is 0.562. The molecule has 1 amide bonds. The quantitative estimate of drug-likeness (QED) is 0.901. The average molecular weight is 275 g/mol. The fourth-order valence-corrected chi connectivity index (χ4v) is 3.45. The minimum atomic E-state index is -0.223.